The fraction of sp³-hybridized carbons (Fsp3) is 0.385. The number of carbonyl (C=O) groups excluding carboxylic acids is 9. The Morgan fingerprint density at radius 2 is 1.33 bits per heavy atom. The second-order valence-corrected chi connectivity index (χ2v) is 25.2. The van der Waals surface area contributed by atoms with E-state index in [0.717, 1.165) is 35.4 Å². The van der Waals surface area contributed by atoms with Crippen molar-refractivity contribution in [3.63, 3.8) is 0 Å². The second kappa shape index (κ2) is 37.8. The van der Waals surface area contributed by atoms with Crippen LogP contribution in [0.25, 0.3) is 10.9 Å². The van der Waals surface area contributed by atoms with Crippen LogP contribution in [0.2, 0.25) is 0 Å². The highest BCUT2D eigenvalue weighted by molar-refractivity contribution is 8.76. The van der Waals surface area contributed by atoms with Gasteiger partial charge in [-0.3, -0.25) is 47.9 Å². The standard InChI is InChI=1S/C65H78N12O18S2/c1-4-37-12-14-40(15-13-37)30-68-95-32-53(82)69-47(24-25-54(83)84)57(85)71-49(28-39-18-22-43(81)23-19-39)60(88)74-51-33-96-97-34-52(63(91)77-56(36(3)79)65(93)94)75-64(92)55(35(2)78)76-58(86)46(11-7-8-26-66)70-61(89)50(29-41-31-67-45-10-6-5-9-44(41)45)73-59(87)48(72-62(51)90)27-38-16-20-42(80)21-17-38/h1,5-6,9-10,12-23,30-31,35-36,46-52,55-56,67,78-81H,7-8,11,24-29,32-34,66H2,2-3H3,(H,69,82)(H,70,89)(H,71,85)(H,72,90)(H,73,87)(H,74,88)(H,75,92)(H,76,86)(H,77,91)(H,83,84)(H,93,94)/b68-30+/t35-,36-,46+,47-,48+,49-,50+,51+,52+,55+,56+/m1/s1. The molecule has 1 aliphatic rings. The number of hydrogen-bond acceptors (Lipinski definition) is 20. The Balaban J connectivity index is 1.41. The van der Waals surface area contributed by atoms with Crippen molar-refractivity contribution < 1.29 is 88.2 Å². The monoisotopic (exact) mass is 1380 g/mol. The predicted molar refractivity (Wildman–Crippen MR) is 357 cm³/mol. The molecule has 5 aromatic rings. The fourth-order valence-corrected chi connectivity index (χ4v) is 12.1. The van der Waals surface area contributed by atoms with E-state index in [-0.39, 0.29) is 50.1 Å². The Labute approximate surface area is 564 Å². The van der Waals surface area contributed by atoms with Gasteiger partial charge in [0.25, 0.3) is 5.91 Å². The number of terminal acetylenes is 1. The van der Waals surface area contributed by atoms with Gasteiger partial charge in [0.05, 0.1) is 18.4 Å². The van der Waals surface area contributed by atoms with Crippen molar-refractivity contribution in [2.75, 3.05) is 24.7 Å². The first-order valence-electron chi connectivity index (χ1n) is 30.6. The first-order valence-corrected chi connectivity index (χ1v) is 33.1. The summed E-state index contributed by atoms with van der Waals surface area (Å²) in [5, 5.41) is 88.5. The molecule has 18 N–H and O–H groups in total. The number of fused-ring (bicyclic) bond motifs is 1. The van der Waals surface area contributed by atoms with E-state index in [9.17, 15) is 69.0 Å². The summed E-state index contributed by atoms with van der Waals surface area (Å²) in [6.07, 6.45) is 3.27. The summed E-state index contributed by atoms with van der Waals surface area (Å²) < 4.78 is 0. The van der Waals surface area contributed by atoms with Gasteiger partial charge in [0, 0.05) is 59.9 Å². The van der Waals surface area contributed by atoms with Gasteiger partial charge in [0.2, 0.25) is 47.3 Å². The summed E-state index contributed by atoms with van der Waals surface area (Å²) in [6.45, 7) is 1.64. The number of aromatic amines is 1. The van der Waals surface area contributed by atoms with Gasteiger partial charge >= 0.3 is 11.9 Å². The molecule has 1 aromatic heterocycles. The predicted octanol–water partition coefficient (Wildman–Crippen LogP) is -0.763. The number of oxime groups is 1. The van der Waals surface area contributed by atoms with Gasteiger partial charge in [-0.1, -0.05) is 87.3 Å². The van der Waals surface area contributed by atoms with Gasteiger partial charge in [-0.05, 0) is 111 Å². The summed E-state index contributed by atoms with van der Waals surface area (Å²) in [4.78, 5) is 163. The molecule has 30 nitrogen and oxygen atoms in total. The molecule has 1 aliphatic heterocycles. The molecule has 97 heavy (non-hydrogen) atoms. The first kappa shape index (κ1) is 75.8. The third kappa shape index (κ3) is 24.2. The lowest BCUT2D eigenvalue weighted by atomic mass is 10.0. The van der Waals surface area contributed by atoms with Gasteiger partial charge in [-0.2, -0.15) is 0 Å². The van der Waals surface area contributed by atoms with E-state index in [0.29, 0.717) is 45.1 Å². The van der Waals surface area contributed by atoms with E-state index in [1.807, 2.05) is 0 Å². The quantitative estimate of drug-likeness (QED) is 0.0101. The molecule has 0 saturated carbocycles. The lowest BCUT2D eigenvalue weighted by molar-refractivity contribution is -0.145. The highest BCUT2D eigenvalue weighted by Crippen LogP contribution is 2.25. The van der Waals surface area contributed by atoms with E-state index < -0.39 is 163 Å². The summed E-state index contributed by atoms with van der Waals surface area (Å²) >= 11 is 0. The third-order valence-corrected chi connectivity index (χ3v) is 17.5. The Morgan fingerprint density at radius 3 is 1.96 bits per heavy atom. The number of nitrogens with zero attached hydrogens (tertiary/aromatic N) is 1. The van der Waals surface area contributed by atoms with Crippen molar-refractivity contribution >= 4 is 104 Å². The van der Waals surface area contributed by atoms with Crippen LogP contribution in [0.3, 0.4) is 0 Å². The highest BCUT2D eigenvalue weighted by Gasteiger charge is 2.38. The number of nitrogens with two attached hydrogens (primary N) is 1. The van der Waals surface area contributed by atoms with Crippen molar-refractivity contribution in [3.05, 3.63) is 131 Å². The molecule has 6 rings (SSSR count). The van der Waals surface area contributed by atoms with Gasteiger partial charge in [-0.25, -0.2) is 4.79 Å². The Morgan fingerprint density at radius 1 is 0.711 bits per heavy atom. The molecule has 0 radical (unpaired) electrons. The van der Waals surface area contributed by atoms with Crippen LogP contribution < -0.4 is 53.6 Å². The maximum atomic E-state index is 15.2. The number of rotatable bonds is 27. The fourth-order valence-electron chi connectivity index (χ4n) is 9.80. The van der Waals surface area contributed by atoms with Crippen molar-refractivity contribution in [1.82, 2.24) is 52.8 Å². The van der Waals surface area contributed by atoms with Gasteiger partial charge in [-0.15, -0.1) is 6.42 Å². The number of para-hydroxylation sites is 1. The van der Waals surface area contributed by atoms with E-state index >= 15 is 14.4 Å². The smallest absolute Gasteiger partial charge is 0.328 e. The molecule has 0 aliphatic carbocycles. The minimum atomic E-state index is -1.93. The number of H-pyrrole nitrogens is 1. The molecule has 0 spiro atoms. The van der Waals surface area contributed by atoms with Crippen molar-refractivity contribution in [1.29, 1.82) is 0 Å². The number of unbranched alkanes of at least 4 members (excludes halogenated alkanes) is 1. The minimum Gasteiger partial charge on any atom is -0.508 e. The lowest BCUT2D eigenvalue weighted by Crippen LogP contribution is -2.62. The third-order valence-electron chi connectivity index (χ3n) is 15.1. The molecule has 518 valence electrons. The number of carboxylic acids is 2. The molecule has 1 saturated heterocycles. The zero-order chi connectivity index (χ0) is 70.7. The van der Waals surface area contributed by atoms with E-state index in [1.165, 1.54) is 54.7 Å². The van der Waals surface area contributed by atoms with Crippen molar-refractivity contribution in [2.24, 2.45) is 10.9 Å². The number of benzene rings is 4. The van der Waals surface area contributed by atoms with E-state index in [4.69, 9.17) is 17.0 Å². The van der Waals surface area contributed by atoms with Gasteiger partial charge < -0.3 is 94.0 Å². The highest BCUT2D eigenvalue weighted by atomic mass is 33.1. The maximum Gasteiger partial charge on any atom is 0.328 e. The Kier molecular flexibility index (Phi) is 29.5. The van der Waals surface area contributed by atoms with Gasteiger partial charge in [0.1, 0.15) is 59.8 Å². The van der Waals surface area contributed by atoms with Crippen LogP contribution in [-0.2, 0) is 76.8 Å². The molecule has 0 bridgehead atoms. The first-order chi connectivity index (χ1) is 46.3. The number of phenolic OH excluding ortho intramolecular Hbond substituents is 2. The zero-order valence-corrected chi connectivity index (χ0v) is 54.4. The second-order valence-electron chi connectivity index (χ2n) is 22.6. The van der Waals surface area contributed by atoms with E-state index in [2.05, 4.69) is 63.9 Å². The normalized spacial score (nSPS) is 19.9. The summed E-state index contributed by atoms with van der Waals surface area (Å²) in [6, 6.07) is 9.21. The number of aliphatic hydroxyl groups excluding tert-OH is 2. The molecule has 32 heteroatoms. The number of carbonyl (C=O) groups is 11. The van der Waals surface area contributed by atoms with Crippen LogP contribution in [-0.4, -0.2) is 198 Å². The molecular formula is C65H78N12O18S2. The lowest BCUT2D eigenvalue weighted by Gasteiger charge is -2.29. The topological polar surface area (TPSA) is 481 Å². The zero-order valence-electron chi connectivity index (χ0n) is 52.7. The molecule has 9 amide bonds. The number of hydrogen-bond donors (Lipinski definition) is 17. The SMILES string of the molecule is C#Cc1ccc(/C=N/OCC(=O)N[C@H](CCC(=O)O)C(=O)N[C@H](Cc2ccc(O)cc2)C(=O)N[C@H]2CSSC[C@@H](C(=O)N[C@H](C(=O)O)[C@@H](C)O)NC(=O)[C@H]([C@@H](C)O)NC(=O)[C@H](CCCCN)NC(=O)[C@H](Cc3c[nH]c4ccccc34)NC(=O)[C@H](Cc3ccc(O)cc3)NC2=O)cc1. The average molecular weight is 1380 g/mol. The van der Waals surface area contributed by atoms with Crippen LogP contribution in [0.1, 0.15) is 73.8 Å². The van der Waals surface area contributed by atoms with Gasteiger partial charge in [0.15, 0.2) is 12.6 Å². The number of phenols is 2. The largest absolute Gasteiger partial charge is 0.508 e. The van der Waals surface area contributed by atoms with Crippen LogP contribution in [0.15, 0.2) is 108 Å². The number of aliphatic carboxylic acids is 2. The number of aliphatic hydroxyl groups is 2. The summed E-state index contributed by atoms with van der Waals surface area (Å²) in [5.41, 5.74) is 8.82. The van der Waals surface area contributed by atoms with Crippen LogP contribution in [0.4, 0.5) is 0 Å². The Bertz CT molecular complexity index is 3640. The van der Waals surface area contributed by atoms with Crippen molar-refractivity contribution in [2.45, 2.75) is 132 Å². The number of aromatic nitrogens is 1. The number of carboxylic acid groups (broad SMARTS) is 2. The molecule has 11 atom stereocenters. The summed E-state index contributed by atoms with van der Waals surface area (Å²) in [5.74, 6) is -11.3. The van der Waals surface area contributed by atoms with Crippen LogP contribution in [0.5, 0.6) is 11.5 Å². The maximum absolute atomic E-state index is 15.2. The Hall–Kier alpha value is -10.2. The summed E-state index contributed by atoms with van der Waals surface area (Å²) in [7, 11) is 1.56. The minimum absolute atomic E-state index is 0.100. The molecule has 4 aromatic carbocycles. The molecule has 0 unspecified atom stereocenters. The van der Waals surface area contributed by atoms with Crippen molar-refractivity contribution in [3.8, 4) is 23.8 Å². The van der Waals surface area contributed by atoms with Crippen LogP contribution >= 0.6 is 21.6 Å². The molecule has 2 heterocycles. The van der Waals surface area contributed by atoms with E-state index in [1.54, 1.807) is 54.7 Å². The molecular weight excluding hydrogens is 1300 g/mol. The molecule has 1 fully saturated rings. The number of aromatic hydroxyl groups is 2. The number of amides is 9. The average Bonchev–Trinajstić information content (AvgIpc) is 1.74. The number of nitrogens with one attached hydrogen (secondary N) is 10. The van der Waals surface area contributed by atoms with Crippen LogP contribution in [0, 0.1) is 12.3 Å².